The van der Waals surface area contributed by atoms with Crippen molar-refractivity contribution in [3.05, 3.63) is 42.0 Å². The molecule has 3 rings (SSSR count). The van der Waals surface area contributed by atoms with Crippen molar-refractivity contribution in [2.75, 3.05) is 5.73 Å². The summed E-state index contributed by atoms with van der Waals surface area (Å²) in [5.74, 6) is 0.942. The number of fused-ring (bicyclic) bond motifs is 1. The third-order valence-electron chi connectivity index (χ3n) is 3.62. The van der Waals surface area contributed by atoms with Gasteiger partial charge in [-0.25, -0.2) is 15.0 Å². The van der Waals surface area contributed by atoms with Gasteiger partial charge in [0.1, 0.15) is 24.3 Å². The van der Waals surface area contributed by atoms with Crippen LogP contribution in [0.3, 0.4) is 0 Å². The second kappa shape index (κ2) is 5.68. The number of nitrogen functional groups attached to an aromatic ring is 1. The molecule has 0 saturated heterocycles. The molecule has 2 aromatic heterocycles. The van der Waals surface area contributed by atoms with Crippen molar-refractivity contribution in [1.82, 2.24) is 19.5 Å². The molecule has 2 heterocycles. The van der Waals surface area contributed by atoms with Gasteiger partial charge in [0.25, 0.3) is 0 Å². The number of primary amides is 1. The third kappa shape index (κ3) is 2.73. The zero-order valence-corrected chi connectivity index (χ0v) is 13.0. The van der Waals surface area contributed by atoms with E-state index in [0.29, 0.717) is 23.1 Å². The number of nitrogens with two attached hydrogens (primary N) is 2. The first-order valence-electron chi connectivity index (χ1n) is 7.34. The van der Waals surface area contributed by atoms with E-state index in [1.54, 1.807) is 18.5 Å². The number of carbonyl (C=O) groups is 1. The molecule has 0 unspecified atom stereocenters. The SMILES string of the molecule is CC(C)Cc1c(C(N)=O)ccc2c1ncn2-c1cc(N)ncn1. The molecular formula is C16H18N6O. The molecule has 0 radical (unpaired) electrons. The van der Waals surface area contributed by atoms with Gasteiger partial charge in [0.05, 0.1) is 11.0 Å². The minimum atomic E-state index is -0.441. The Hall–Kier alpha value is -2.96. The summed E-state index contributed by atoms with van der Waals surface area (Å²) in [6.07, 6.45) is 3.79. The van der Waals surface area contributed by atoms with Gasteiger partial charge >= 0.3 is 0 Å². The zero-order chi connectivity index (χ0) is 16.6. The summed E-state index contributed by atoms with van der Waals surface area (Å²) in [6.45, 7) is 4.18. The second-order valence-corrected chi connectivity index (χ2v) is 5.84. The number of hydrogen-bond acceptors (Lipinski definition) is 5. The van der Waals surface area contributed by atoms with E-state index in [1.165, 1.54) is 6.33 Å². The molecule has 23 heavy (non-hydrogen) atoms. The average Bonchev–Trinajstić information content (AvgIpc) is 2.91. The smallest absolute Gasteiger partial charge is 0.249 e. The fourth-order valence-corrected chi connectivity index (χ4v) is 2.66. The molecule has 0 atom stereocenters. The molecule has 7 nitrogen and oxygen atoms in total. The van der Waals surface area contributed by atoms with E-state index in [4.69, 9.17) is 11.5 Å². The van der Waals surface area contributed by atoms with Crippen LogP contribution in [-0.4, -0.2) is 25.4 Å². The first-order chi connectivity index (χ1) is 11.0. The lowest BCUT2D eigenvalue weighted by Crippen LogP contribution is -2.15. The van der Waals surface area contributed by atoms with Crippen molar-refractivity contribution in [1.29, 1.82) is 0 Å². The van der Waals surface area contributed by atoms with Gasteiger partial charge in [-0.2, -0.15) is 0 Å². The van der Waals surface area contributed by atoms with Crippen molar-refractivity contribution in [2.24, 2.45) is 11.7 Å². The highest BCUT2D eigenvalue weighted by atomic mass is 16.1. The largest absolute Gasteiger partial charge is 0.384 e. The van der Waals surface area contributed by atoms with Gasteiger partial charge in [-0.1, -0.05) is 13.8 Å². The van der Waals surface area contributed by atoms with Gasteiger partial charge in [-0.05, 0) is 30.0 Å². The van der Waals surface area contributed by atoms with Crippen LogP contribution < -0.4 is 11.5 Å². The van der Waals surface area contributed by atoms with Crippen molar-refractivity contribution in [2.45, 2.75) is 20.3 Å². The summed E-state index contributed by atoms with van der Waals surface area (Å²) in [4.78, 5) is 24.3. The number of amides is 1. The fourth-order valence-electron chi connectivity index (χ4n) is 2.66. The number of anilines is 1. The molecule has 0 aliphatic heterocycles. The lowest BCUT2D eigenvalue weighted by atomic mass is 9.96. The topological polar surface area (TPSA) is 113 Å². The van der Waals surface area contributed by atoms with E-state index in [9.17, 15) is 4.79 Å². The Morgan fingerprint density at radius 2 is 2.04 bits per heavy atom. The van der Waals surface area contributed by atoms with E-state index < -0.39 is 5.91 Å². The Balaban J connectivity index is 2.23. The standard InChI is InChI=1S/C16H18N6O/c1-9(2)5-11-10(16(18)23)3-4-12-15(11)21-8-22(12)14-6-13(17)19-7-20-14/h3-4,6-9H,5H2,1-2H3,(H2,18,23)(H2,17,19,20). The maximum atomic E-state index is 11.7. The molecule has 4 N–H and O–H groups in total. The monoisotopic (exact) mass is 310 g/mol. The summed E-state index contributed by atoms with van der Waals surface area (Å²) in [5.41, 5.74) is 14.2. The van der Waals surface area contributed by atoms with E-state index in [1.807, 2.05) is 10.6 Å². The Kier molecular flexibility index (Phi) is 3.69. The number of benzene rings is 1. The molecule has 7 heteroatoms. The number of nitrogens with zero attached hydrogens (tertiary/aromatic N) is 4. The highest BCUT2D eigenvalue weighted by Gasteiger charge is 2.17. The zero-order valence-electron chi connectivity index (χ0n) is 13.0. The van der Waals surface area contributed by atoms with E-state index in [0.717, 1.165) is 23.0 Å². The Bertz CT molecular complexity index is 883. The van der Waals surface area contributed by atoms with Gasteiger partial charge in [0.15, 0.2) is 0 Å². The number of imidazole rings is 1. The highest BCUT2D eigenvalue weighted by Crippen LogP contribution is 2.26. The summed E-state index contributed by atoms with van der Waals surface area (Å²) in [5, 5.41) is 0. The van der Waals surface area contributed by atoms with Crippen LogP contribution in [0.1, 0.15) is 29.8 Å². The van der Waals surface area contributed by atoms with Crippen LogP contribution in [0.5, 0.6) is 0 Å². The molecule has 1 aromatic carbocycles. The minimum absolute atomic E-state index is 0.374. The van der Waals surface area contributed by atoms with Gasteiger partial charge in [0, 0.05) is 11.6 Å². The number of hydrogen-bond donors (Lipinski definition) is 2. The van der Waals surface area contributed by atoms with Crippen LogP contribution in [0.4, 0.5) is 5.82 Å². The molecule has 0 aliphatic carbocycles. The summed E-state index contributed by atoms with van der Waals surface area (Å²) in [7, 11) is 0. The number of aromatic nitrogens is 4. The minimum Gasteiger partial charge on any atom is -0.384 e. The maximum Gasteiger partial charge on any atom is 0.249 e. The van der Waals surface area contributed by atoms with Crippen molar-refractivity contribution in [3.8, 4) is 5.82 Å². The van der Waals surface area contributed by atoms with Crippen molar-refractivity contribution >= 4 is 22.8 Å². The van der Waals surface area contributed by atoms with Crippen molar-refractivity contribution in [3.63, 3.8) is 0 Å². The normalized spacial score (nSPS) is 11.3. The molecule has 0 bridgehead atoms. The van der Waals surface area contributed by atoms with Gasteiger partial charge in [0.2, 0.25) is 5.91 Å². The Morgan fingerprint density at radius 1 is 1.26 bits per heavy atom. The number of rotatable bonds is 4. The summed E-state index contributed by atoms with van der Waals surface area (Å²) >= 11 is 0. The quantitative estimate of drug-likeness (QED) is 0.761. The Morgan fingerprint density at radius 3 is 2.70 bits per heavy atom. The van der Waals surface area contributed by atoms with Crippen LogP contribution in [0.15, 0.2) is 30.9 Å². The first-order valence-corrected chi connectivity index (χ1v) is 7.34. The third-order valence-corrected chi connectivity index (χ3v) is 3.62. The molecule has 0 saturated carbocycles. The predicted octanol–water partition coefficient (Wildman–Crippen LogP) is 1.70. The summed E-state index contributed by atoms with van der Waals surface area (Å²) < 4.78 is 1.82. The van der Waals surface area contributed by atoms with Crippen LogP contribution >= 0.6 is 0 Å². The Labute approximate surface area is 133 Å². The lowest BCUT2D eigenvalue weighted by molar-refractivity contribution is 0.0999. The predicted molar refractivity (Wildman–Crippen MR) is 88.1 cm³/mol. The van der Waals surface area contributed by atoms with Crippen molar-refractivity contribution < 1.29 is 4.79 Å². The van der Waals surface area contributed by atoms with E-state index in [2.05, 4.69) is 28.8 Å². The van der Waals surface area contributed by atoms with Crippen LogP contribution in [-0.2, 0) is 6.42 Å². The molecule has 0 spiro atoms. The average molecular weight is 310 g/mol. The molecule has 1 amide bonds. The van der Waals surface area contributed by atoms with Gasteiger partial charge < -0.3 is 11.5 Å². The molecule has 0 fully saturated rings. The van der Waals surface area contributed by atoms with Crippen LogP contribution in [0, 0.1) is 5.92 Å². The first kappa shape index (κ1) is 15.0. The second-order valence-electron chi connectivity index (χ2n) is 5.84. The molecule has 3 aromatic rings. The fraction of sp³-hybridized carbons (Fsp3) is 0.250. The number of carbonyl (C=O) groups excluding carboxylic acids is 1. The molecular weight excluding hydrogens is 292 g/mol. The molecule has 118 valence electrons. The van der Waals surface area contributed by atoms with Crippen LogP contribution in [0.2, 0.25) is 0 Å². The van der Waals surface area contributed by atoms with E-state index >= 15 is 0 Å². The maximum absolute atomic E-state index is 11.7. The van der Waals surface area contributed by atoms with E-state index in [-0.39, 0.29) is 0 Å². The van der Waals surface area contributed by atoms with Crippen LogP contribution in [0.25, 0.3) is 16.9 Å². The lowest BCUT2D eigenvalue weighted by Gasteiger charge is -2.11. The van der Waals surface area contributed by atoms with Gasteiger partial charge in [-0.15, -0.1) is 0 Å². The summed E-state index contributed by atoms with van der Waals surface area (Å²) in [6, 6.07) is 5.24. The van der Waals surface area contributed by atoms with Gasteiger partial charge in [-0.3, -0.25) is 9.36 Å². The molecule has 0 aliphatic rings. The highest BCUT2D eigenvalue weighted by molar-refractivity contribution is 5.99.